The van der Waals surface area contributed by atoms with Gasteiger partial charge in [-0.2, -0.15) is 0 Å². The standard InChI is InChI=1S/C13H21N3O4/c17-11(15-4-1-2-5-15)8-14-13(20)16-6-3-10(9-16)7-12(18)19/h10H,1-9H2,(H,14,20)(H,18,19). The molecule has 2 heterocycles. The number of nitrogens with zero attached hydrogens (tertiary/aromatic N) is 2. The minimum Gasteiger partial charge on any atom is -0.481 e. The van der Waals surface area contributed by atoms with Gasteiger partial charge >= 0.3 is 12.0 Å². The Balaban J connectivity index is 1.70. The number of aliphatic carboxylic acids is 1. The molecule has 20 heavy (non-hydrogen) atoms. The fourth-order valence-corrected chi connectivity index (χ4v) is 2.77. The molecule has 2 aliphatic rings. The van der Waals surface area contributed by atoms with Gasteiger partial charge < -0.3 is 20.2 Å². The maximum absolute atomic E-state index is 11.9. The Morgan fingerprint density at radius 3 is 2.45 bits per heavy atom. The van der Waals surface area contributed by atoms with E-state index in [9.17, 15) is 14.4 Å². The lowest BCUT2D eigenvalue weighted by atomic mass is 10.1. The third kappa shape index (κ3) is 3.85. The van der Waals surface area contributed by atoms with Gasteiger partial charge in [0.25, 0.3) is 0 Å². The van der Waals surface area contributed by atoms with E-state index in [1.807, 2.05) is 0 Å². The van der Waals surface area contributed by atoms with Crippen molar-refractivity contribution in [2.45, 2.75) is 25.7 Å². The van der Waals surface area contributed by atoms with Gasteiger partial charge in [0.2, 0.25) is 5.91 Å². The van der Waals surface area contributed by atoms with Crippen LogP contribution < -0.4 is 5.32 Å². The molecule has 0 bridgehead atoms. The number of rotatable bonds is 4. The highest BCUT2D eigenvalue weighted by atomic mass is 16.4. The summed E-state index contributed by atoms with van der Waals surface area (Å²) < 4.78 is 0. The Kier molecular flexibility index (Phi) is 4.81. The van der Waals surface area contributed by atoms with E-state index in [4.69, 9.17) is 5.11 Å². The Bertz CT molecular complexity index is 393. The van der Waals surface area contributed by atoms with E-state index in [1.54, 1.807) is 9.80 Å². The van der Waals surface area contributed by atoms with Crippen molar-refractivity contribution in [3.05, 3.63) is 0 Å². The third-order valence-corrected chi connectivity index (χ3v) is 3.89. The van der Waals surface area contributed by atoms with Crippen LogP contribution in [-0.2, 0) is 9.59 Å². The summed E-state index contributed by atoms with van der Waals surface area (Å²) in [6.45, 7) is 2.59. The molecule has 112 valence electrons. The van der Waals surface area contributed by atoms with Gasteiger partial charge in [-0.15, -0.1) is 0 Å². The molecule has 0 radical (unpaired) electrons. The Morgan fingerprint density at radius 1 is 1.10 bits per heavy atom. The molecule has 2 aliphatic heterocycles. The van der Waals surface area contributed by atoms with E-state index in [0.29, 0.717) is 19.5 Å². The molecule has 0 spiro atoms. The summed E-state index contributed by atoms with van der Waals surface area (Å²) in [5.74, 6) is -0.855. The van der Waals surface area contributed by atoms with Gasteiger partial charge in [0.1, 0.15) is 0 Å². The number of carbonyl (C=O) groups is 3. The summed E-state index contributed by atoms with van der Waals surface area (Å²) in [4.78, 5) is 37.7. The van der Waals surface area contributed by atoms with Crippen molar-refractivity contribution in [3.63, 3.8) is 0 Å². The van der Waals surface area contributed by atoms with E-state index in [-0.39, 0.29) is 30.8 Å². The van der Waals surface area contributed by atoms with Crippen LogP contribution in [0.15, 0.2) is 0 Å². The van der Waals surface area contributed by atoms with Crippen LogP contribution in [0, 0.1) is 5.92 Å². The van der Waals surface area contributed by atoms with Gasteiger partial charge in [-0.25, -0.2) is 4.79 Å². The van der Waals surface area contributed by atoms with E-state index >= 15 is 0 Å². The van der Waals surface area contributed by atoms with Gasteiger partial charge in [0.05, 0.1) is 6.54 Å². The van der Waals surface area contributed by atoms with E-state index in [1.165, 1.54) is 0 Å². The Hall–Kier alpha value is -1.79. The number of amides is 3. The number of carboxylic acids is 1. The van der Waals surface area contributed by atoms with Crippen LogP contribution >= 0.6 is 0 Å². The molecular weight excluding hydrogens is 262 g/mol. The van der Waals surface area contributed by atoms with Crippen LogP contribution in [0.2, 0.25) is 0 Å². The predicted octanol–water partition coefficient (Wildman–Crippen LogP) is 0.115. The minimum absolute atomic E-state index is 0.0209. The second-order valence-corrected chi connectivity index (χ2v) is 5.45. The first kappa shape index (κ1) is 14.6. The van der Waals surface area contributed by atoms with Crippen molar-refractivity contribution in [1.82, 2.24) is 15.1 Å². The smallest absolute Gasteiger partial charge is 0.317 e. The Morgan fingerprint density at radius 2 is 1.80 bits per heavy atom. The average molecular weight is 283 g/mol. The lowest BCUT2D eigenvalue weighted by molar-refractivity contribution is -0.138. The number of urea groups is 1. The molecule has 0 aromatic heterocycles. The lowest BCUT2D eigenvalue weighted by Gasteiger charge is -2.19. The zero-order valence-electron chi connectivity index (χ0n) is 11.5. The fourth-order valence-electron chi connectivity index (χ4n) is 2.77. The van der Waals surface area contributed by atoms with Crippen LogP contribution in [0.3, 0.4) is 0 Å². The quantitative estimate of drug-likeness (QED) is 0.766. The molecular formula is C13H21N3O4. The van der Waals surface area contributed by atoms with Gasteiger partial charge in [-0.1, -0.05) is 0 Å². The molecule has 2 saturated heterocycles. The highest BCUT2D eigenvalue weighted by molar-refractivity contribution is 5.84. The second kappa shape index (κ2) is 6.58. The second-order valence-electron chi connectivity index (χ2n) is 5.45. The molecule has 1 unspecified atom stereocenters. The van der Waals surface area contributed by atoms with Crippen molar-refractivity contribution >= 4 is 17.9 Å². The lowest BCUT2D eigenvalue weighted by Crippen LogP contribution is -2.44. The molecule has 0 aromatic carbocycles. The zero-order chi connectivity index (χ0) is 14.5. The molecule has 0 aliphatic carbocycles. The number of nitrogens with one attached hydrogen (secondary N) is 1. The maximum atomic E-state index is 11.9. The summed E-state index contributed by atoms with van der Waals surface area (Å²) in [6, 6.07) is -0.273. The van der Waals surface area contributed by atoms with E-state index in [2.05, 4.69) is 5.32 Å². The van der Waals surface area contributed by atoms with Crippen molar-refractivity contribution < 1.29 is 19.5 Å². The normalized spacial score (nSPS) is 22.1. The molecule has 1 atom stereocenters. The van der Waals surface area contributed by atoms with Gasteiger partial charge in [-0.3, -0.25) is 9.59 Å². The first-order valence-electron chi connectivity index (χ1n) is 7.08. The highest BCUT2D eigenvalue weighted by Crippen LogP contribution is 2.19. The van der Waals surface area contributed by atoms with Crippen LogP contribution in [0.4, 0.5) is 4.79 Å². The maximum Gasteiger partial charge on any atom is 0.317 e. The largest absolute Gasteiger partial charge is 0.481 e. The van der Waals surface area contributed by atoms with Crippen LogP contribution in [0.25, 0.3) is 0 Å². The van der Waals surface area contributed by atoms with E-state index in [0.717, 1.165) is 25.9 Å². The molecule has 3 amide bonds. The number of likely N-dealkylation sites (tertiary alicyclic amines) is 2. The van der Waals surface area contributed by atoms with Crippen molar-refractivity contribution in [2.75, 3.05) is 32.7 Å². The first-order chi connectivity index (χ1) is 9.56. The minimum atomic E-state index is -0.832. The molecule has 2 N–H and O–H groups in total. The summed E-state index contributed by atoms with van der Waals surface area (Å²) >= 11 is 0. The number of hydrogen-bond acceptors (Lipinski definition) is 3. The molecule has 2 rings (SSSR count). The molecule has 2 fully saturated rings. The van der Waals surface area contributed by atoms with Gasteiger partial charge in [0.15, 0.2) is 0 Å². The topological polar surface area (TPSA) is 90.0 Å². The summed E-state index contributed by atoms with van der Waals surface area (Å²) in [5.41, 5.74) is 0. The molecule has 7 heteroatoms. The summed E-state index contributed by atoms with van der Waals surface area (Å²) in [7, 11) is 0. The fraction of sp³-hybridized carbons (Fsp3) is 0.769. The van der Waals surface area contributed by atoms with Gasteiger partial charge in [0, 0.05) is 32.6 Å². The Labute approximate surface area is 117 Å². The first-order valence-corrected chi connectivity index (χ1v) is 7.08. The van der Waals surface area contributed by atoms with Crippen molar-refractivity contribution in [2.24, 2.45) is 5.92 Å². The monoisotopic (exact) mass is 283 g/mol. The van der Waals surface area contributed by atoms with Crippen molar-refractivity contribution in [3.8, 4) is 0 Å². The molecule has 7 nitrogen and oxygen atoms in total. The van der Waals surface area contributed by atoms with Crippen molar-refractivity contribution in [1.29, 1.82) is 0 Å². The number of carboxylic acid groups (broad SMARTS) is 1. The highest BCUT2D eigenvalue weighted by Gasteiger charge is 2.28. The summed E-state index contributed by atoms with van der Waals surface area (Å²) in [6.07, 6.45) is 2.86. The molecule has 0 aromatic rings. The molecule has 0 saturated carbocycles. The number of carbonyl (C=O) groups excluding carboxylic acids is 2. The van der Waals surface area contributed by atoms with Crippen LogP contribution in [0.5, 0.6) is 0 Å². The average Bonchev–Trinajstić information content (AvgIpc) is 3.05. The zero-order valence-corrected chi connectivity index (χ0v) is 11.5. The third-order valence-electron chi connectivity index (χ3n) is 3.89. The summed E-state index contributed by atoms with van der Waals surface area (Å²) in [5, 5.41) is 11.4. The predicted molar refractivity (Wildman–Crippen MR) is 71.1 cm³/mol. The number of hydrogen-bond donors (Lipinski definition) is 2. The SMILES string of the molecule is O=C(O)CC1CCN(C(=O)NCC(=O)N2CCCC2)C1. The van der Waals surface area contributed by atoms with E-state index < -0.39 is 5.97 Å². The van der Waals surface area contributed by atoms with Crippen LogP contribution in [-0.4, -0.2) is 65.5 Å². The van der Waals surface area contributed by atoms with Gasteiger partial charge in [-0.05, 0) is 25.2 Å². The van der Waals surface area contributed by atoms with Crippen LogP contribution in [0.1, 0.15) is 25.7 Å².